The molecule has 330 valence electrons. The number of amides is 2. The van der Waals surface area contributed by atoms with Crippen LogP contribution in [0.15, 0.2) is 29.4 Å². The van der Waals surface area contributed by atoms with Crippen LogP contribution in [0.1, 0.15) is 95.3 Å². The first-order valence-corrected chi connectivity index (χ1v) is 20.2. The Morgan fingerprint density at radius 1 is 0.672 bits per heavy atom. The summed E-state index contributed by atoms with van der Waals surface area (Å²) in [6.07, 6.45) is 6.70. The summed E-state index contributed by atoms with van der Waals surface area (Å²) in [6.45, 7) is 11.4. The van der Waals surface area contributed by atoms with Gasteiger partial charge in [0, 0.05) is 30.8 Å². The predicted molar refractivity (Wildman–Crippen MR) is 215 cm³/mol. The first kappa shape index (κ1) is 52.0. The van der Waals surface area contributed by atoms with E-state index >= 15 is 0 Å². The van der Waals surface area contributed by atoms with Gasteiger partial charge in [0.25, 0.3) is 0 Å². The summed E-state index contributed by atoms with van der Waals surface area (Å²) in [4.78, 5) is 51.0. The number of benzene rings is 1. The zero-order chi connectivity index (χ0) is 42.5. The third-order valence-corrected chi connectivity index (χ3v) is 7.93. The molecule has 1 aromatic rings. The number of rotatable bonds is 38. The molecular formula is C40H67N5O13. The van der Waals surface area contributed by atoms with Gasteiger partial charge in [-0.25, -0.2) is 9.59 Å². The van der Waals surface area contributed by atoms with E-state index in [2.05, 4.69) is 20.7 Å². The number of hydrogen-bond acceptors (Lipinski definition) is 13. The van der Waals surface area contributed by atoms with E-state index in [0.29, 0.717) is 104 Å². The highest BCUT2D eigenvalue weighted by molar-refractivity contribution is 5.89. The van der Waals surface area contributed by atoms with Crippen molar-refractivity contribution in [2.75, 3.05) is 99.0 Å². The Bertz CT molecular complexity index is 1290. The maximum Gasteiger partial charge on any atom is 0.338 e. The minimum atomic E-state index is -1.17. The number of carboxylic acids is 1. The highest BCUT2D eigenvalue weighted by Gasteiger charge is 2.21. The Morgan fingerprint density at radius 2 is 1.17 bits per heavy atom. The maximum absolute atomic E-state index is 12.3. The van der Waals surface area contributed by atoms with Crippen LogP contribution in [0.3, 0.4) is 0 Å². The molecule has 0 saturated heterocycles. The number of azide groups is 1. The number of esters is 1. The van der Waals surface area contributed by atoms with Crippen LogP contribution in [0.5, 0.6) is 5.75 Å². The van der Waals surface area contributed by atoms with Gasteiger partial charge in [0.1, 0.15) is 17.4 Å². The number of carboxylic acid groups (broad SMARTS) is 1. The largest absolute Gasteiger partial charge is 0.494 e. The predicted octanol–water partition coefficient (Wildman–Crippen LogP) is 5.02. The summed E-state index contributed by atoms with van der Waals surface area (Å²) in [6, 6.07) is 5.80. The molecule has 1 atom stereocenters. The van der Waals surface area contributed by atoms with E-state index in [4.69, 9.17) is 43.4 Å². The SMILES string of the molecule is CC(C)(C)OC(=O)c1ccc(OCCCCCCCCCC(=O)N[C@@H](CCC(=O)NCCOCCOCCOCCOCCOCCOCCN=[N+]=[N-])C(=O)O)cc1. The number of nitrogens with zero attached hydrogens (tertiary/aromatic N) is 3. The van der Waals surface area contributed by atoms with Gasteiger partial charge in [-0.1, -0.05) is 37.2 Å². The van der Waals surface area contributed by atoms with E-state index in [9.17, 15) is 24.3 Å². The smallest absolute Gasteiger partial charge is 0.338 e. The third kappa shape index (κ3) is 32.0. The van der Waals surface area contributed by atoms with Crippen molar-refractivity contribution in [3.63, 3.8) is 0 Å². The van der Waals surface area contributed by atoms with E-state index in [1.807, 2.05) is 20.8 Å². The first-order chi connectivity index (χ1) is 28.0. The second kappa shape index (κ2) is 35.0. The lowest BCUT2D eigenvalue weighted by Crippen LogP contribution is -2.41. The van der Waals surface area contributed by atoms with Crippen LogP contribution in [0.2, 0.25) is 0 Å². The third-order valence-electron chi connectivity index (χ3n) is 7.93. The topological polar surface area (TPSA) is 235 Å². The van der Waals surface area contributed by atoms with E-state index in [1.165, 1.54) is 0 Å². The number of unbranched alkanes of at least 4 members (excludes halogenated alkanes) is 6. The molecule has 0 heterocycles. The highest BCUT2D eigenvalue weighted by Crippen LogP contribution is 2.17. The Balaban J connectivity index is 1.93. The van der Waals surface area contributed by atoms with Crippen LogP contribution >= 0.6 is 0 Å². The van der Waals surface area contributed by atoms with E-state index in [-0.39, 0.29) is 50.2 Å². The van der Waals surface area contributed by atoms with Crippen LogP contribution in [0, 0.1) is 0 Å². The molecule has 0 unspecified atom stereocenters. The van der Waals surface area contributed by atoms with Crippen LogP contribution in [0.4, 0.5) is 0 Å². The van der Waals surface area contributed by atoms with Crippen molar-refractivity contribution in [2.45, 2.75) is 96.6 Å². The van der Waals surface area contributed by atoms with Gasteiger partial charge in [-0.3, -0.25) is 9.59 Å². The lowest BCUT2D eigenvalue weighted by atomic mass is 10.1. The molecule has 18 heteroatoms. The number of carbonyl (C=O) groups is 4. The summed E-state index contributed by atoms with van der Waals surface area (Å²) in [5, 5.41) is 18.1. The minimum absolute atomic E-state index is 0.00965. The highest BCUT2D eigenvalue weighted by atomic mass is 16.6. The van der Waals surface area contributed by atoms with Crippen molar-refractivity contribution in [3.8, 4) is 5.75 Å². The molecule has 0 fully saturated rings. The van der Waals surface area contributed by atoms with Gasteiger partial charge >= 0.3 is 11.9 Å². The second-order valence-electron chi connectivity index (χ2n) is 14.1. The Kier molecular flexibility index (Phi) is 31.3. The van der Waals surface area contributed by atoms with E-state index in [1.54, 1.807) is 24.3 Å². The Hall–Kier alpha value is -4.03. The Labute approximate surface area is 342 Å². The fourth-order valence-electron chi connectivity index (χ4n) is 4.99. The number of ether oxygens (including phenoxy) is 8. The molecule has 18 nitrogen and oxygen atoms in total. The summed E-state index contributed by atoms with van der Waals surface area (Å²) in [5.74, 6) is -1.48. The molecule has 0 bridgehead atoms. The molecule has 1 aromatic carbocycles. The molecule has 0 spiro atoms. The second-order valence-corrected chi connectivity index (χ2v) is 14.1. The Morgan fingerprint density at radius 3 is 1.69 bits per heavy atom. The van der Waals surface area contributed by atoms with Crippen molar-refractivity contribution in [2.24, 2.45) is 5.11 Å². The molecule has 1 rings (SSSR count). The van der Waals surface area contributed by atoms with Crippen molar-refractivity contribution in [3.05, 3.63) is 40.3 Å². The molecule has 0 radical (unpaired) electrons. The average molecular weight is 826 g/mol. The fourth-order valence-corrected chi connectivity index (χ4v) is 4.99. The van der Waals surface area contributed by atoms with Gasteiger partial charge in [0.15, 0.2) is 0 Å². The number of carbonyl (C=O) groups excluding carboxylic acids is 3. The molecule has 0 aliphatic rings. The van der Waals surface area contributed by atoms with Gasteiger partial charge in [-0.15, -0.1) is 0 Å². The summed E-state index contributed by atoms with van der Waals surface area (Å²) in [7, 11) is 0. The van der Waals surface area contributed by atoms with Crippen molar-refractivity contribution in [1.82, 2.24) is 10.6 Å². The van der Waals surface area contributed by atoms with Gasteiger partial charge in [-0.05, 0) is 69.8 Å². The zero-order valence-corrected chi connectivity index (χ0v) is 34.8. The number of hydrogen-bond donors (Lipinski definition) is 3. The quantitative estimate of drug-likeness (QED) is 0.0262. The summed E-state index contributed by atoms with van der Waals surface area (Å²) < 4.78 is 43.4. The van der Waals surface area contributed by atoms with Crippen LogP contribution < -0.4 is 15.4 Å². The maximum atomic E-state index is 12.3. The minimum Gasteiger partial charge on any atom is -0.494 e. The van der Waals surface area contributed by atoms with Crippen LogP contribution in [-0.4, -0.2) is 139 Å². The molecule has 2 amide bonds. The number of nitrogens with one attached hydrogen (secondary N) is 2. The van der Waals surface area contributed by atoms with Crippen LogP contribution in [-0.2, 0) is 47.5 Å². The molecule has 0 saturated carbocycles. The van der Waals surface area contributed by atoms with Gasteiger partial charge in [0.2, 0.25) is 11.8 Å². The normalized spacial score (nSPS) is 11.7. The molecule has 3 N–H and O–H groups in total. The van der Waals surface area contributed by atoms with Crippen molar-refractivity contribution in [1.29, 1.82) is 0 Å². The molecule has 0 aromatic heterocycles. The van der Waals surface area contributed by atoms with E-state index < -0.39 is 17.6 Å². The zero-order valence-electron chi connectivity index (χ0n) is 34.8. The van der Waals surface area contributed by atoms with Gasteiger partial charge < -0.3 is 53.6 Å². The molecular weight excluding hydrogens is 758 g/mol. The van der Waals surface area contributed by atoms with Gasteiger partial charge in [-0.2, -0.15) is 0 Å². The van der Waals surface area contributed by atoms with Crippen molar-refractivity contribution >= 4 is 23.8 Å². The molecule has 0 aliphatic heterocycles. The lowest BCUT2D eigenvalue weighted by molar-refractivity contribution is -0.142. The average Bonchev–Trinajstić information content (AvgIpc) is 3.18. The lowest BCUT2D eigenvalue weighted by Gasteiger charge is -2.19. The summed E-state index contributed by atoms with van der Waals surface area (Å²) >= 11 is 0. The van der Waals surface area contributed by atoms with E-state index in [0.717, 1.165) is 38.5 Å². The monoisotopic (exact) mass is 825 g/mol. The van der Waals surface area contributed by atoms with Crippen LogP contribution in [0.25, 0.3) is 10.4 Å². The molecule has 0 aliphatic carbocycles. The van der Waals surface area contributed by atoms with Crippen molar-refractivity contribution < 1.29 is 62.2 Å². The number of aliphatic carboxylic acids is 1. The standard InChI is InChI=1S/C40H67N5O13/c1-40(2,3)58-39(50)33-12-14-34(15-13-33)57-20-10-8-6-4-5-7-9-11-37(47)44-35(38(48)49)16-17-36(46)42-18-21-51-23-25-53-27-29-55-31-32-56-30-28-54-26-24-52-22-19-43-45-41/h12-15,35H,4-11,16-32H2,1-3H3,(H,42,46)(H,44,47)(H,48,49)/t35-/m0/s1. The summed E-state index contributed by atoms with van der Waals surface area (Å²) in [5.41, 5.74) is 8.10. The first-order valence-electron chi connectivity index (χ1n) is 20.2. The fraction of sp³-hybridized carbons (Fsp3) is 0.750. The molecule has 58 heavy (non-hydrogen) atoms. The van der Waals surface area contributed by atoms with Gasteiger partial charge in [0.05, 0.1) is 91.5 Å².